The fraction of sp³-hybridized carbons (Fsp3) is 0.875. The van der Waals surface area contributed by atoms with Crippen LogP contribution < -0.4 is 11.1 Å². The Bertz CT molecular complexity index is 619. The third kappa shape index (κ3) is 8.35. The molecule has 1 saturated carbocycles. The molecule has 1 heterocycles. The van der Waals surface area contributed by atoms with E-state index in [2.05, 4.69) is 26.1 Å². The zero-order valence-corrected chi connectivity index (χ0v) is 20.9. The highest BCUT2D eigenvalue weighted by Crippen LogP contribution is 2.40. The predicted octanol–water partition coefficient (Wildman–Crippen LogP) is 2.93. The van der Waals surface area contributed by atoms with Crippen LogP contribution >= 0.6 is 0 Å². The molecule has 32 heavy (non-hydrogen) atoms. The Kier molecular flexibility index (Phi) is 11.6. The summed E-state index contributed by atoms with van der Waals surface area (Å²) in [6.07, 6.45) is 5.87. The quantitative estimate of drug-likeness (QED) is 0.481. The van der Waals surface area contributed by atoms with E-state index in [9.17, 15) is 19.5 Å². The average molecular weight is 456 g/mol. The van der Waals surface area contributed by atoms with Gasteiger partial charge in [0.05, 0.1) is 12.6 Å². The number of rotatable bonds is 8. The Balaban J connectivity index is 0.000000751. The molecule has 2 rings (SSSR count). The van der Waals surface area contributed by atoms with Gasteiger partial charge in [-0.25, -0.2) is 4.79 Å². The van der Waals surface area contributed by atoms with E-state index in [0.717, 1.165) is 38.6 Å². The van der Waals surface area contributed by atoms with Crippen LogP contribution in [0.2, 0.25) is 0 Å². The summed E-state index contributed by atoms with van der Waals surface area (Å²) in [5.74, 6) is -1.24. The molecule has 4 N–H and O–H groups in total. The number of hydrogen-bond acceptors (Lipinski definition) is 6. The highest BCUT2D eigenvalue weighted by Gasteiger charge is 2.48. The Morgan fingerprint density at radius 1 is 1.19 bits per heavy atom. The number of esters is 1. The van der Waals surface area contributed by atoms with Gasteiger partial charge in [0.15, 0.2) is 0 Å². The van der Waals surface area contributed by atoms with Crippen molar-refractivity contribution in [2.75, 3.05) is 13.2 Å². The summed E-state index contributed by atoms with van der Waals surface area (Å²) >= 11 is 0. The van der Waals surface area contributed by atoms with Crippen molar-refractivity contribution in [1.82, 2.24) is 10.2 Å². The van der Waals surface area contributed by atoms with Crippen LogP contribution in [0.3, 0.4) is 0 Å². The molecule has 1 saturated heterocycles. The lowest BCUT2D eigenvalue weighted by Gasteiger charge is -2.35. The van der Waals surface area contributed by atoms with Crippen LogP contribution in [0.25, 0.3) is 0 Å². The van der Waals surface area contributed by atoms with Gasteiger partial charge in [0.1, 0.15) is 12.1 Å². The number of carboxylic acids is 1. The largest absolute Gasteiger partial charge is 0.480 e. The molecule has 1 aliphatic heterocycles. The maximum Gasteiger partial charge on any atom is 0.326 e. The fourth-order valence-corrected chi connectivity index (χ4v) is 4.39. The zero-order chi connectivity index (χ0) is 24.5. The van der Waals surface area contributed by atoms with Gasteiger partial charge in [0, 0.05) is 6.04 Å². The molecule has 1 amide bonds. The minimum Gasteiger partial charge on any atom is -0.480 e. The molecule has 0 bridgehead atoms. The van der Waals surface area contributed by atoms with E-state index in [0.29, 0.717) is 24.9 Å². The lowest BCUT2D eigenvalue weighted by atomic mass is 9.84. The lowest BCUT2D eigenvalue weighted by Crippen LogP contribution is -2.55. The normalized spacial score (nSPS) is 24.6. The van der Waals surface area contributed by atoms with Crippen molar-refractivity contribution in [2.24, 2.45) is 17.1 Å². The van der Waals surface area contributed by atoms with Gasteiger partial charge in [-0.1, -0.05) is 47.0 Å². The molecule has 0 aromatic carbocycles. The Morgan fingerprint density at radius 2 is 1.78 bits per heavy atom. The monoisotopic (exact) mass is 455 g/mol. The van der Waals surface area contributed by atoms with E-state index >= 15 is 0 Å². The van der Waals surface area contributed by atoms with Gasteiger partial charge >= 0.3 is 11.9 Å². The number of nitrogens with zero attached hydrogens (tertiary/aromatic N) is 1. The van der Waals surface area contributed by atoms with Crippen LogP contribution in [0.1, 0.15) is 86.5 Å². The number of likely N-dealkylation sites (tertiary alicyclic amines) is 1. The van der Waals surface area contributed by atoms with E-state index in [4.69, 9.17) is 10.5 Å². The molecular weight excluding hydrogens is 410 g/mol. The van der Waals surface area contributed by atoms with Crippen LogP contribution in [-0.4, -0.2) is 65.2 Å². The topological polar surface area (TPSA) is 122 Å². The van der Waals surface area contributed by atoms with Gasteiger partial charge < -0.3 is 20.5 Å². The van der Waals surface area contributed by atoms with Crippen molar-refractivity contribution >= 4 is 17.8 Å². The van der Waals surface area contributed by atoms with Gasteiger partial charge in [-0.2, -0.15) is 0 Å². The molecule has 186 valence electrons. The zero-order valence-electron chi connectivity index (χ0n) is 20.9. The molecule has 5 atom stereocenters. The van der Waals surface area contributed by atoms with Crippen molar-refractivity contribution in [3.63, 3.8) is 0 Å². The Labute approximate surface area is 193 Å². The third-order valence-electron chi connectivity index (χ3n) is 6.21. The van der Waals surface area contributed by atoms with E-state index in [1.54, 1.807) is 18.7 Å². The first kappa shape index (κ1) is 28.4. The predicted molar refractivity (Wildman–Crippen MR) is 125 cm³/mol. The second kappa shape index (κ2) is 13.1. The number of nitrogens with one attached hydrogen (secondary N) is 1. The first-order valence-electron chi connectivity index (χ1n) is 12.1. The van der Waals surface area contributed by atoms with E-state index in [1.807, 2.05) is 6.92 Å². The number of carbonyl (C=O) groups is 3. The SMILES string of the molecule is CC(C)(C)CN.CCC[C@H](N[C@@H](C)C(=O)N1[C@H](C(=O)O)C[C@@H]2CCCC[C@@H]21)C(=O)OCC. The van der Waals surface area contributed by atoms with Crippen molar-refractivity contribution in [3.05, 3.63) is 0 Å². The highest BCUT2D eigenvalue weighted by atomic mass is 16.5. The Hall–Kier alpha value is -1.67. The number of aliphatic carboxylic acids is 1. The minimum absolute atomic E-state index is 0.00817. The highest BCUT2D eigenvalue weighted by molar-refractivity contribution is 5.88. The Morgan fingerprint density at radius 3 is 2.28 bits per heavy atom. The number of hydrogen-bond donors (Lipinski definition) is 3. The standard InChI is InChI=1S/C19H32N2O5.C5H13N/c1-4-8-14(19(25)26-5-2)20-12(3)17(22)21-15-10-7-6-9-13(15)11-16(21)18(23)24;1-5(2,3)4-6/h12-16,20H,4-11H2,1-3H3,(H,23,24);4,6H2,1-3H3/t12-,13-,14-,15-,16-;/m0./s1. The first-order chi connectivity index (χ1) is 15.0. The number of carboxylic acid groups (broad SMARTS) is 1. The summed E-state index contributed by atoms with van der Waals surface area (Å²) in [5.41, 5.74) is 5.62. The average Bonchev–Trinajstić information content (AvgIpc) is 3.13. The smallest absolute Gasteiger partial charge is 0.326 e. The molecule has 0 radical (unpaired) electrons. The molecule has 0 unspecified atom stereocenters. The van der Waals surface area contributed by atoms with Gasteiger partial charge in [-0.15, -0.1) is 0 Å². The molecule has 0 aromatic heterocycles. The molecule has 8 nitrogen and oxygen atoms in total. The van der Waals surface area contributed by atoms with Crippen LogP contribution in [0.15, 0.2) is 0 Å². The van der Waals surface area contributed by atoms with Crippen molar-refractivity contribution in [1.29, 1.82) is 0 Å². The van der Waals surface area contributed by atoms with Gasteiger partial charge in [0.2, 0.25) is 5.91 Å². The molecule has 2 fully saturated rings. The summed E-state index contributed by atoms with van der Waals surface area (Å²) in [6.45, 7) is 12.8. The van der Waals surface area contributed by atoms with E-state index < -0.39 is 24.1 Å². The van der Waals surface area contributed by atoms with Gasteiger partial charge in [0.25, 0.3) is 0 Å². The summed E-state index contributed by atoms with van der Waals surface area (Å²) < 4.78 is 5.09. The van der Waals surface area contributed by atoms with Crippen LogP contribution in [-0.2, 0) is 19.1 Å². The number of carbonyl (C=O) groups excluding carboxylic acids is 2. The van der Waals surface area contributed by atoms with E-state index in [1.165, 1.54) is 0 Å². The molecule has 0 spiro atoms. The third-order valence-corrected chi connectivity index (χ3v) is 6.21. The second-order valence-electron chi connectivity index (χ2n) is 10.2. The number of ether oxygens (including phenoxy) is 1. The summed E-state index contributed by atoms with van der Waals surface area (Å²) in [5, 5.41) is 12.7. The molecule has 8 heteroatoms. The van der Waals surface area contributed by atoms with Crippen molar-refractivity contribution < 1.29 is 24.2 Å². The summed E-state index contributed by atoms with van der Waals surface area (Å²) in [6, 6.07) is -1.92. The van der Waals surface area contributed by atoms with Crippen molar-refractivity contribution in [2.45, 2.75) is 111 Å². The number of fused-ring (bicyclic) bond motifs is 1. The summed E-state index contributed by atoms with van der Waals surface area (Å²) in [7, 11) is 0. The van der Waals surface area contributed by atoms with Gasteiger partial charge in [-0.3, -0.25) is 14.9 Å². The lowest BCUT2D eigenvalue weighted by molar-refractivity contribution is -0.152. The summed E-state index contributed by atoms with van der Waals surface area (Å²) in [4.78, 5) is 38.5. The van der Waals surface area contributed by atoms with E-state index in [-0.39, 0.29) is 23.8 Å². The minimum atomic E-state index is -0.935. The molecule has 2 aliphatic rings. The van der Waals surface area contributed by atoms with Crippen molar-refractivity contribution in [3.8, 4) is 0 Å². The number of amides is 1. The van der Waals surface area contributed by atoms with Crippen LogP contribution in [0.4, 0.5) is 0 Å². The second-order valence-corrected chi connectivity index (χ2v) is 10.2. The number of nitrogens with two attached hydrogens (primary N) is 1. The molecule has 1 aliphatic carbocycles. The molecule has 0 aromatic rings. The fourth-order valence-electron chi connectivity index (χ4n) is 4.39. The van der Waals surface area contributed by atoms with Crippen LogP contribution in [0.5, 0.6) is 0 Å². The first-order valence-corrected chi connectivity index (χ1v) is 12.1. The maximum atomic E-state index is 13.1. The van der Waals surface area contributed by atoms with Crippen LogP contribution in [0, 0.1) is 11.3 Å². The maximum absolute atomic E-state index is 13.1. The molecular formula is C24H45N3O5. The van der Waals surface area contributed by atoms with Gasteiger partial charge in [-0.05, 0) is 57.4 Å².